The first-order valence-corrected chi connectivity index (χ1v) is 7.51. The molecule has 0 saturated carbocycles. The van der Waals surface area contributed by atoms with Gasteiger partial charge in [-0.15, -0.1) is 0 Å². The zero-order chi connectivity index (χ0) is 15.1. The maximum atomic E-state index is 9.25. The van der Waals surface area contributed by atoms with Crippen LogP contribution in [0.15, 0.2) is 54.6 Å². The minimum absolute atomic E-state index is 0.504. The number of fused-ring (bicyclic) bond motifs is 3. The molecule has 2 aromatic carbocycles. The molecule has 0 spiro atoms. The van der Waals surface area contributed by atoms with Gasteiger partial charge in [0.05, 0.1) is 5.52 Å². The van der Waals surface area contributed by atoms with Gasteiger partial charge in [0, 0.05) is 16.8 Å². The van der Waals surface area contributed by atoms with Crippen LogP contribution in [0.3, 0.4) is 0 Å². The largest absolute Gasteiger partial charge is 0.488 e. The second-order valence-corrected chi connectivity index (χ2v) is 5.62. The molecular weight excluding hydrogens is 273 g/mol. The molecular formula is C18H16BNO2. The maximum absolute atomic E-state index is 9.25. The number of aryl methyl sites for hydroxylation is 1. The highest BCUT2D eigenvalue weighted by atomic mass is 16.4. The standard InChI is InChI=1S/C18H16BNO2/c21-19(22)13-9-11-14(12-10-13)20-17-7-3-1-5-15(17)16-6-2-4-8-18(16)20/h1,3-5,7-12,21-22H,2,6H2. The van der Waals surface area contributed by atoms with E-state index in [9.17, 15) is 10.0 Å². The molecule has 108 valence electrons. The Kier molecular flexibility index (Phi) is 3.14. The summed E-state index contributed by atoms with van der Waals surface area (Å²) in [5.41, 5.74) is 5.35. The zero-order valence-electron chi connectivity index (χ0n) is 12.1. The highest BCUT2D eigenvalue weighted by molar-refractivity contribution is 6.58. The lowest BCUT2D eigenvalue weighted by atomic mass is 9.80. The SMILES string of the molecule is OB(O)c1ccc(-n2c3c(c4ccccc42)CCC=C3)cc1. The van der Waals surface area contributed by atoms with E-state index in [4.69, 9.17) is 0 Å². The number of para-hydroxylation sites is 1. The van der Waals surface area contributed by atoms with Crippen LogP contribution in [0, 0.1) is 0 Å². The van der Waals surface area contributed by atoms with E-state index in [0.717, 1.165) is 18.5 Å². The van der Waals surface area contributed by atoms with Crippen molar-refractivity contribution in [3.8, 4) is 5.69 Å². The number of aromatic nitrogens is 1. The first-order valence-electron chi connectivity index (χ1n) is 7.51. The monoisotopic (exact) mass is 289 g/mol. The summed E-state index contributed by atoms with van der Waals surface area (Å²) in [6.45, 7) is 0. The first kappa shape index (κ1) is 13.4. The predicted molar refractivity (Wildman–Crippen MR) is 90.5 cm³/mol. The van der Waals surface area contributed by atoms with Gasteiger partial charge in [-0.25, -0.2) is 0 Å². The topological polar surface area (TPSA) is 45.4 Å². The molecule has 0 saturated heterocycles. The van der Waals surface area contributed by atoms with Crippen LogP contribution >= 0.6 is 0 Å². The van der Waals surface area contributed by atoms with E-state index in [-0.39, 0.29) is 0 Å². The summed E-state index contributed by atoms with van der Waals surface area (Å²) in [6, 6.07) is 15.8. The average molecular weight is 289 g/mol. The fourth-order valence-corrected chi connectivity index (χ4v) is 3.26. The number of allylic oxidation sites excluding steroid dienone is 1. The van der Waals surface area contributed by atoms with Crippen molar-refractivity contribution in [1.29, 1.82) is 0 Å². The molecule has 0 aliphatic heterocycles. The minimum Gasteiger partial charge on any atom is -0.423 e. The molecule has 1 aliphatic rings. The van der Waals surface area contributed by atoms with Gasteiger partial charge in [0.2, 0.25) is 0 Å². The lowest BCUT2D eigenvalue weighted by Crippen LogP contribution is -2.29. The van der Waals surface area contributed by atoms with E-state index in [1.54, 1.807) is 12.1 Å². The molecule has 3 aromatic rings. The van der Waals surface area contributed by atoms with E-state index < -0.39 is 7.12 Å². The summed E-state index contributed by atoms with van der Waals surface area (Å²) in [4.78, 5) is 0. The third-order valence-corrected chi connectivity index (χ3v) is 4.31. The predicted octanol–water partition coefficient (Wildman–Crippen LogP) is 2.27. The second-order valence-electron chi connectivity index (χ2n) is 5.62. The third kappa shape index (κ3) is 2.00. The first-order chi connectivity index (χ1) is 10.8. The summed E-state index contributed by atoms with van der Waals surface area (Å²) in [7, 11) is -1.43. The van der Waals surface area contributed by atoms with Crippen molar-refractivity contribution in [3.05, 3.63) is 65.9 Å². The van der Waals surface area contributed by atoms with Crippen molar-refractivity contribution in [1.82, 2.24) is 4.57 Å². The third-order valence-electron chi connectivity index (χ3n) is 4.31. The summed E-state index contributed by atoms with van der Waals surface area (Å²) in [5.74, 6) is 0. The lowest BCUT2D eigenvalue weighted by molar-refractivity contribution is 0.426. The van der Waals surface area contributed by atoms with Crippen LogP contribution in [0.2, 0.25) is 0 Å². The summed E-state index contributed by atoms with van der Waals surface area (Å²) >= 11 is 0. The molecule has 0 unspecified atom stereocenters. The van der Waals surface area contributed by atoms with E-state index in [0.29, 0.717) is 5.46 Å². The van der Waals surface area contributed by atoms with Gasteiger partial charge >= 0.3 is 7.12 Å². The number of nitrogens with zero attached hydrogens (tertiary/aromatic N) is 1. The highest BCUT2D eigenvalue weighted by Gasteiger charge is 2.18. The Morgan fingerprint density at radius 1 is 0.955 bits per heavy atom. The van der Waals surface area contributed by atoms with Crippen molar-refractivity contribution in [2.75, 3.05) is 0 Å². The molecule has 2 N–H and O–H groups in total. The van der Waals surface area contributed by atoms with Crippen LogP contribution in [0.4, 0.5) is 0 Å². The van der Waals surface area contributed by atoms with E-state index in [1.165, 1.54) is 22.2 Å². The van der Waals surface area contributed by atoms with Crippen molar-refractivity contribution in [3.63, 3.8) is 0 Å². The van der Waals surface area contributed by atoms with Crippen LogP contribution in [-0.2, 0) is 6.42 Å². The van der Waals surface area contributed by atoms with Gasteiger partial charge in [-0.2, -0.15) is 0 Å². The molecule has 22 heavy (non-hydrogen) atoms. The normalized spacial score (nSPS) is 13.4. The summed E-state index contributed by atoms with van der Waals surface area (Å²) < 4.78 is 2.24. The van der Waals surface area contributed by atoms with Gasteiger partial charge < -0.3 is 14.6 Å². The quantitative estimate of drug-likeness (QED) is 0.711. The van der Waals surface area contributed by atoms with Crippen LogP contribution in [-0.4, -0.2) is 21.7 Å². The Labute approximate surface area is 129 Å². The number of benzene rings is 2. The minimum atomic E-state index is -1.43. The average Bonchev–Trinajstić information content (AvgIpc) is 2.89. The Balaban J connectivity index is 1.97. The van der Waals surface area contributed by atoms with Crippen molar-refractivity contribution in [2.45, 2.75) is 12.8 Å². The molecule has 4 heteroatoms. The Morgan fingerprint density at radius 3 is 2.50 bits per heavy atom. The maximum Gasteiger partial charge on any atom is 0.488 e. The van der Waals surface area contributed by atoms with Crippen LogP contribution in [0.1, 0.15) is 17.7 Å². The molecule has 1 aliphatic carbocycles. The van der Waals surface area contributed by atoms with Gasteiger partial charge in [-0.1, -0.05) is 36.4 Å². The Bertz CT molecular complexity index is 863. The van der Waals surface area contributed by atoms with Crippen LogP contribution < -0.4 is 5.46 Å². The van der Waals surface area contributed by atoms with Gasteiger partial charge in [0.15, 0.2) is 0 Å². The molecule has 1 heterocycles. The molecule has 0 fully saturated rings. The Morgan fingerprint density at radius 2 is 1.73 bits per heavy atom. The second kappa shape index (κ2) is 5.16. The van der Waals surface area contributed by atoms with E-state index >= 15 is 0 Å². The molecule has 0 amide bonds. The van der Waals surface area contributed by atoms with Gasteiger partial charge in [0.1, 0.15) is 0 Å². The summed E-state index contributed by atoms with van der Waals surface area (Å²) in [6.07, 6.45) is 6.54. The molecule has 0 radical (unpaired) electrons. The molecule has 4 rings (SSSR count). The van der Waals surface area contributed by atoms with E-state index in [1.807, 2.05) is 12.1 Å². The van der Waals surface area contributed by atoms with Gasteiger partial charge in [0.25, 0.3) is 0 Å². The lowest BCUT2D eigenvalue weighted by Gasteiger charge is -2.12. The van der Waals surface area contributed by atoms with Crippen LogP contribution in [0.5, 0.6) is 0 Å². The molecule has 3 nitrogen and oxygen atoms in total. The molecule has 0 atom stereocenters. The number of hydrogen-bond donors (Lipinski definition) is 2. The highest BCUT2D eigenvalue weighted by Crippen LogP contribution is 2.33. The molecule has 1 aromatic heterocycles. The fraction of sp³-hybridized carbons (Fsp3) is 0.111. The van der Waals surface area contributed by atoms with Gasteiger partial charge in [-0.05, 0) is 48.1 Å². The van der Waals surface area contributed by atoms with E-state index in [2.05, 4.69) is 41.0 Å². The van der Waals surface area contributed by atoms with Gasteiger partial charge in [-0.3, -0.25) is 0 Å². The smallest absolute Gasteiger partial charge is 0.423 e. The zero-order valence-corrected chi connectivity index (χ0v) is 12.1. The molecule has 0 bridgehead atoms. The van der Waals surface area contributed by atoms with Crippen molar-refractivity contribution >= 4 is 29.6 Å². The summed E-state index contributed by atoms with van der Waals surface area (Å²) in [5, 5.41) is 19.8. The fourth-order valence-electron chi connectivity index (χ4n) is 3.26. The Hall–Kier alpha value is -2.30. The van der Waals surface area contributed by atoms with Crippen LogP contribution in [0.25, 0.3) is 22.7 Å². The number of hydrogen-bond acceptors (Lipinski definition) is 2. The van der Waals surface area contributed by atoms with Crippen molar-refractivity contribution in [2.24, 2.45) is 0 Å². The number of rotatable bonds is 2. The van der Waals surface area contributed by atoms with Crippen molar-refractivity contribution < 1.29 is 10.0 Å².